The summed E-state index contributed by atoms with van der Waals surface area (Å²) in [5.41, 5.74) is 4.98. The van der Waals surface area contributed by atoms with Gasteiger partial charge in [-0.3, -0.25) is 29.4 Å². The number of hydrogen-bond acceptors (Lipinski definition) is 11. The van der Waals surface area contributed by atoms with Crippen LogP contribution in [-0.2, 0) is 22.6 Å². The number of fused-ring (bicyclic) bond motifs is 2. The molecule has 4 fully saturated rings. The van der Waals surface area contributed by atoms with Crippen LogP contribution in [0.15, 0.2) is 79.1 Å². The molecule has 65 heavy (non-hydrogen) atoms. The Kier molecular flexibility index (Phi) is 12.0. The van der Waals surface area contributed by atoms with Crippen molar-refractivity contribution in [3.8, 4) is 11.5 Å². The number of ketones is 1. The lowest BCUT2D eigenvalue weighted by molar-refractivity contribution is -0.136. The lowest BCUT2D eigenvalue weighted by Gasteiger charge is -2.41. The second-order valence-electron chi connectivity index (χ2n) is 17.9. The van der Waals surface area contributed by atoms with Gasteiger partial charge in [0.25, 0.3) is 5.91 Å². The molecule has 0 bridgehead atoms. The zero-order chi connectivity index (χ0) is 44.6. The van der Waals surface area contributed by atoms with E-state index in [4.69, 9.17) is 16.3 Å². The highest BCUT2D eigenvalue weighted by atomic mass is 35.5. The first-order chi connectivity index (χ1) is 31.6. The normalized spacial score (nSPS) is 21.5. The molecule has 16 heteroatoms. The van der Waals surface area contributed by atoms with Crippen LogP contribution < -0.4 is 20.3 Å². The summed E-state index contributed by atoms with van der Waals surface area (Å²) in [5, 5.41) is 6.27. The first-order valence-corrected chi connectivity index (χ1v) is 23.2. The number of ether oxygens (including phenoxy) is 1. The SMILES string of the molecule is O=C1CC[C@H](N2Cc3cc(N4CCN(CC5CCN(C(=O)N6CCC[C@@H](Nc7ncnc8c7C(C(=O)c7ccc(Oc9ccccc9)cc7Cl)=CC8)C6)CC5)CC4)ccc3C2=O)C(=O)N1. The van der Waals surface area contributed by atoms with Gasteiger partial charge in [-0.25, -0.2) is 14.8 Å². The summed E-state index contributed by atoms with van der Waals surface area (Å²) in [6, 6.07) is 19.9. The number of anilines is 2. The van der Waals surface area contributed by atoms with E-state index in [0.29, 0.717) is 83.0 Å². The van der Waals surface area contributed by atoms with E-state index in [1.165, 1.54) is 6.33 Å². The highest BCUT2D eigenvalue weighted by molar-refractivity contribution is 6.39. The largest absolute Gasteiger partial charge is 0.457 e. The molecule has 4 saturated heterocycles. The van der Waals surface area contributed by atoms with Crippen molar-refractivity contribution in [1.29, 1.82) is 0 Å². The third-order valence-corrected chi connectivity index (χ3v) is 14.1. The van der Waals surface area contributed by atoms with Crippen molar-refractivity contribution in [3.63, 3.8) is 0 Å². The number of nitrogens with zero attached hydrogens (tertiary/aromatic N) is 7. The molecule has 2 atom stereocenters. The van der Waals surface area contributed by atoms with E-state index in [-0.39, 0.29) is 36.1 Å². The third-order valence-electron chi connectivity index (χ3n) is 13.8. The Morgan fingerprint density at radius 1 is 0.846 bits per heavy atom. The van der Waals surface area contributed by atoms with Gasteiger partial charge in [0, 0.05) is 118 Å². The summed E-state index contributed by atoms with van der Waals surface area (Å²) in [6.45, 7) is 7.73. The maximum atomic E-state index is 14.0. The number of hydrogen-bond donors (Lipinski definition) is 2. The van der Waals surface area contributed by atoms with Gasteiger partial charge >= 0.3 is 6.03 Å². The van der Waals surface area contributed by atoms with Crippen LogP contribution in [0.1, 0.15) is 76.1 Å². The Labute approximate surface area is 382 Å². The molecule has 0 saturated carbocycles. The summed E-state index contributed by atoms with van der Waals surface area (Å²) >= 11 is 6.68. The Balaban J connectivity index is 0.691. The van der Waals surface area contributed by atoms with Crippen molar-refractivity contribution in [1.82, 2.24) is 34.9 Å². The number of carbonyl (C=O) groups is 5. The summed E-state index contributed by atoms with van der Waals surface area (Å²) < 4.78 is 5.93. The van der Waals surface area contributed by atoms with Crippen molar-refractivity contribution in [2.24, 2.45) is 5.92 Å². The lowest BCUT2D eigenvalue weighted by Crippen LogP contribution is -2.53. The maximum absolute atomic E-state index is 14.0. The number of para-hydroxylation sites is 1. The van der Waals surface area contributed by atoms with Crippen molar-refractivity contribution in [3.05, 3.63) is 112 Å². The van der Waals surface area contributed by atoms with E-state index < -0.39 is 11.9 Å². The van der Waals surface area contributed by atoms with Gasteiger partial charge in [0.1, 0.15) is 29.7 Å². The quantitative estimate of drug-likeness (QED) is 0.141. The average Bonchev–Trinajstić information content (AvgIpc) is 3.91. The molecule has 0 radical (unpaired) electrons. The summed E-state index contributed by atoms with van der Waals surface area (Å²) in [6.07, 6.45) is 8.18. The van der Waals surface area contributed by atoms with Crippen molar-refractivity contribution < 1.29 is 28.7 Å². The highest BCUT2D eigenvalue weighted by Gasteiger charge is 2.40. The number of piperidine rings is 3. The fourth-order valence-electron chi connectivity index (χ4n) is 10.3. The number of benzene rings is 3. The molecule has 3 aromatic carbocycles. The van der Waals surface area contributed by atoms with E-state index in [9.17, 15) is 24.0 Å². The minimum Gasteiger partial charge on any atom is -0.457 e. The predicted octanol–water partition coefficient (Wildman–Crippen LogP) is 6.04. The average molecular weight is 898 g/mol. The zero-order valence-electron chi connectivity index (χ0n) is 36.2. The van der Waals surface area contributed by atoms with E-state index in [2.05, 4.69) is 36.5 Å². The van der Waals surface area contributed by atoms with Crippen LogP contribution in [-0.4, -0.2) is 130 Å². The van der Waals surface area contributed by atoms with Crippen LogP contribution in [0, 0.1) is 5.92 Å². The zero-order valence-corrected chi connectivity index (χ0v) is 37.0. The standard InChI is InChI=1S/C49H52ClN9O6/c50-40-26-36(65-35-6-2-1-3-7-35)9-11-38(40)45(61)39-12-13-41-44(39)46(52-30-51-41)53-33-5-4-18-58(29-33)49(64)57-19-16-31(17-20-57)27-55-21-23-56(24-22-55)34-8-10-37-32(25-34)28-59(48(37)63)42-14-15-43(60)54-47(42)62/h1-3,6-12,25-26,30-31,33,42H,4-5,13-24,27-29H2,(H,51,52,53)(H,54,60,62)/t33-,42+/m1/s1. The van der Waals surface area contributed by atoms with Crippen LogP contribution in [0.3, 0.4) is 0 Å². The molecule has 0 spiro atoms. The van der Waals surface area contributed by atoms with Crippen LogP contribution in [0.5, 0.6) is 11.5 Å². The summed E-state index contributed by atoms with van der Waals surface area (Å²) in [7, 11) is 0. The van der Waals surface area contributed by atoms with Crippen molar-refractivity contribution in [2.75, 3.05) is 69.1 Å². The topological polar surface area (TPSA) is 161 Å². The van der Waals surface area contributed by atoms with Gasteiger partial charge in [0.05, 0.1) is 10.7 Å². The molecule has 0 unspecified atom stereocenters. The molecular weight excluding hydrogens is 846 g/mol. The fraction of sp³-hybridized carbons (Fsp3) is 0.408. The molecule has 2 N–H and O–H groups in total. The minimum absolute atomic E-state index is 0.0373. The van der Waals surface area contributed by atoms with E-state index >= 15 is 0 Å². The smallest absolute Gasteiger partial charge is 0.320 e. The van der Waals surface area contributed by atoms with Gasteiger partial charge in [-0.05, 0) is 86.1 Å². The van der Waals surface area contributed by atoms with Gasteiger partial charge in [-0.15, -0.1) is 0 Å². The number of piperazine rings is 1. The molecule has 10 rings (SSSR count). The number of likely N-dealkylation sites (tertiary alicyclic amines) is 2. The van der Waals surface area contributed by atoms with Crippen LogP contribution in [0.4, 0.5) is 16.3 Å². The van der Waals surface area contributed by atoms with E-state index in [1.807, 2.05) is 58.3 Å². The predicted molar refractivity (Wildman–Crippen MR) is 245 cm³/mol. The van der Waals surface area contributed by atoms with Crippen molar-refractivity contribution in [2.45, 2.75) is 63.6 Å². The number of nitrogens with one attached hydrogen (secondary N) is 2. The third kappa shape index (κ3) is 8.91. The number of imide groups is 1. The molecule has 6 heterocycles. The number of halogens is 1. The first-order valence-electron chi connectivity index (χ1n) is 22.8. The second-order valence-corrected chi connectivity index (χ2v) is 18.3. The molecule has 4 aromatic rings. The summed E-state index contributed by atoms with van der Waals surface area (Å²) in [4.78, 5) is 84.9. The van der Waals surface area contributed by atoms with Crippen LogP contribution in [0.2, 0.25) is 5.02 Å². The minimum atomic E-state index is -0.617. The number of allylic oxidation sites excluding steroid dienone is 2. The summed E-state index contributed by atoms with van der Waals surface area (Å²) in [5.74, 6) is 1.28. The first kappa shape index (κ1) is 42.6. The van der Waals surface area contributed by atoms with Crippen LogP contribution in [0.25, 0.3) is 5.57 Å². The number of Topliss-reactive ketones (excluding diaryl/α,β-unsaturated/α-hetero) is 1. The molecule has 5 aliphatic heterocycles. The fourth-order valence-corrected chi connectivity index (χ4v) is 10.5. The lowest BCUT2D eigenvalue weighted by atomic mass is 9.96. The Hall–Kier alpha value is -6.32. The molecule has 6 aliphatic rings. The van der Waals surface area contributed by atoms with Gasteiger partial charge in [-0.1, -0.05) is 35.9 Å². The number of amides is 5. The van der Waals surface area contributed by atoms with E-state index in [1.54, 1.807) is 23.1 Å². The monoisotopic (exact) mass is 897 g/mol. The Bertz CT molecular complexity index is 2560. The number of urea groups is 1. The highest BCUT2D eigenvalue weighted by Crippen LogP contribution is 2.37. The van der Waals surface area contributed by atoms with Crippen molar-refractivity contribution >= 4 is 58.2 Å². The second kappa shape index (κ2) is 18.3. The number of aromatic nitrogens is 2. The maximum Gasteiger partial charge on any atom is 0.320 e. The van der Waals surface area contributed by atoms with Crippen LogP contribution >= 0.6 is 11.6 Å². The van der Waals surface area contributed by atoms with Gasteiger partial charge < -0.3 is 29.7 Å². The molecule has 5 amide bonds. The molecule has 1 aromatic heterocycles. The Morgan fingerprint density at radius 3 is 2.45 bits per heavy atom. The van der Waals surface area contributed by atoms with Gasteiger partial charge in [0.15, 0.2) is 5.78 Å². The molecular formula is C49H52ClN9O6. The molecule has 15 nitrogen and oxygen atoms in total. The number of carbonyl (C=O) groups excluding carboxylic acids is 5. The number of rotatable bonds is 10. The van der Waals surface area contributed by atoms with Gasteiger partial charge in [-0.2, -0.15) is 0 Å². The van der Waals surface area contributed by atoms with Gasteiger partial charge in [0.2, 0.25) is 11.8 Å². The molecule has 1 aliphatic carbocycles. The van der Waals surface area contributed by atoms with E-state index in [0.717, 1.165) is 88.4 Å². The molecule has 336 valence electrons. The Morgan fingerprint density at radius 2 is 1.66 bits per heavy atom.